The molecule has 9 heteroatoms. The second-order valence-electron chi connectivity index (χ2n) is 5.33. The van der Waals surface area contributed by atoms with E-state index < -0.39 is 5.82 Å². The van der Waals surface area contributed by atoms with Crippen molar-refractivity contribution in [2.75, 3.05) is 11.1 Å². The number of ketones is 1. The first-order valence-corrected chi connectivity index (χ1v) is 8.59. The predicted octanol–water partition coefficient (Wildman–Crippen LogP) is 2.73. The second kappa shape index (κ2) is 7.87. The molecule has 1 N–H and O–H groups in total. The molecule has 0 fully saturated rings. The minimum absolute atomic E-state index is 0.0555. The summed E-state index contributed by atoms with van der Waals surface area (Å²) in [5.41, 5.74) is 1.52. The number of nitrogens with zero attached hydrogens (tertiary/aromatic N) is 4. The van der Waals surface area contributed by atoms with Crippen LogP contribution in [0.5, 0.6) is 0 Å². The highest BCUT2D eigenvalue weighted by Crippen LogP contribution is 2.19. The van der Waals surface area contributed by atoms with E-state index >= 15 is 0 Å². The summed E-state index contributed by atoms with van der Waals surface area (Å²) >= 11 is 1.12. The highest BCUT2D eigenvalue weighted by molar-refractivity contribution is 7.99. The second-order valence-corrected chi connectivity index (χ2v) is 6.27. The van der Waals surface area contributed by atoms with Crippen LogP contribution in [0.25, 0.3) is 5.69 Å². The van der Waals surface area contributed by atoms with Gasteiger partial charge in [0.15, 0.2) is 5.78 Å². The maximum atomic E-state index is 13.4. The third kappa shape index (κ3) is 4.31. The molecule has 132 valence electrons. The van der Waals surface area contributed by atoms with Crippen molar-refractivity contribution in [2.24, 2.45) is 0 Å². The number of aromatic nitrogens is 4. The average Bonchev–Trinajstić information content (AvgIpc) is 3.09. The summed E-state index contributed by atoms with van der Waals surface area (Å²) in [6.45, 7) is 1.46. The Morgan fingerprint density at radius 3 is 2.77 bits per heavy atom. The summed E-state index contributed by atoms with van der Waals surface area (Å²) in [4.78, 5) is 23.5. The molecule has 3 rings (SSSR count). The van der Waals surface area contributed by atoms with Crippen molar-refractivity contribution in [1.29, 1.82) is 0 Å². The van der Waals surface area contributed by atoms with Crippen molar-refractivity contribution in [3.05, 3.63) is 59.9 Å². The Labute approximate surface area is 152 Å². The highest BCUT2D eigenvalue weighted by Gasteiger charge is 2.12. The van der Waals surface area contributed by atoms with Crippen LogP contribution >= 0.6 is 11.8 Å². The fourth-order valence-electron chi connectivity index (χ4n) is 2.18. The van der Waals surface area contributed by atoms with E-state index in [9.17, 15) is 14.0 Å². The standard InChI is InChI=1S/C17H14FN5O2S/c1-11(24)12-4-2-6-14(8-12)19-16(25)10-26-17-20-21-22-23(17)15-7-3-5-13(18)9-15/h2-9H,10H2,1H3,(H,19,25). The van der Waals surface area contributed by atoms with Crippen LogP contribution in [0.2, 0.25) is 0 Å². The van der Waals surface area contributed by atoms with Gasteiger partial charge in [0, 0.05) is 11.3 Å². The van der Waals surface area contributed by atoms with Crippen LogP contribution in [0.3, 0.4) is 0 Å². The van der Waals surface area contributed by atoms with Crippen LogP contribution in [-0.2, 0) is 4.79 Å². The molecular weight excluding hydrogens is 357 g/mol. The zero-order valence-electron chi connectivity index (χ0n) is 13.7. The van der Waals surface area contributed by atoms with E-state index in [0.29, 0.717) is 22.1 Å². The van der Waals surface area contributed by atoms with Gasteiger partial charge < -0.3 is 5.32 Å². The van der Waals surface area contributed by atoms with Gasteiger partial charge in [0.2, 0.25) is 11.1 Å². The number of carbonyl (C=O) groups is 2. The highest BCUT2D eigenvalue weighted by atomic mass is 32.2. The number of nitrogens with one attached hydrogen (secondary N) is 1. The Kier molecular flexibility index (Phi) is 5.37. The van der Waals surface area contributed by atoms with Crippen LogP contribution in [0.1, 0.15) is 17.3 Å². The van der Waals surface area contributed by atoms with Crippen LogP contribution in [0.4, 0.5) is 10.1 Å². The number of carbonyl (C=O) groups excluding carboxylic acids is 2. The van der Waals surface area contributed by atoms with Gasteiger partial charge in [0.1, 0.15) is 5.82 Å². The van der Waals surface area contributed by atoms with Crippen molar-refractivity contribution in [1.82, 2.24) is 20.2 Å². The minimum Gasteiger partial charge on any atom is -0.325 e. The first kappa shape index (κ1) is 17.7. The molecule has 0 unspecified atom stereocenters. The van der Waals surface area contributed by atoms with Gasteiger partial charge in [0.05, 0.1) is 11.4 Å². The van der Waals surface area contributed by atoms with Gasteiger partial charge in [-0.05, 0) is 47.7 Å². The maximum absolute atomic E-state index is 13.4. The van der Waals surface area contributed by atoms with Crippen molar-refractivity contribution in [3.8, 4) is 5.69 Å². The lowest BCUT2D eigenvalue weighted by molar-refractivity contribution is -0.113. The van der Waals surface area contributed by atoms with Gasteiger partial charge in [-0.2, -0.15) is 4.68 Å². The molecule has 0 atom stereocenters. The monoisotopic (exact) mass is 371 g/mol. The van der Waals surface area contributed by atoms with E-state index in [1.807, 2.05) is 0 Å². The van der Waals surface area contributed by atoms with Crippen molar-refractivity contribution in [3.63, 3.8) is 0 Å². The predicted molar refractivity (Wildman–Crippen MR) is 94.9 cm³/mol. The molecule has 0 aliphatic heterocycles. The van der Waals surface area contributed by atoms with Crippen molar-refractivity contribution in [2.45, 2.75) is 12.1 Å². The summed E-state index contributed by atoms with van der Waals surface area (Å²) in [5, 5.41) is 14.3. The van der Waals surface area contributed by atoms with Gasteiger partial charge >= 0.3 is 0 Å². The van der Waals surface area contributed by atoms with Crippen LogP contribution in [0, 0.1) is 5.82 Å². The van der Waals surface area contributed by atoms with Gasteiger partial charge in [-0.15, -0.1) is 5.10 Å². The molecular formula is C17H14FN5O2S. The molecule has 0 saturated heterocycles. The van der Waals surface area contributed by atoms with E-state index in [4.69, 9.17) is 0 Å². The summed E-state index contributed by atoms with van der Waals surface area (Å²) < 4.78 is 14.7. The molecule has 26 heavy (non-hydrogen) atoms. The lowest BCUT2D eigenvalue weighted by atomic mass is 10.1. The molecule has 0 radical (unpaired) electrons. The summed E-state index contributed by atoms with van der Waals surface area (Å²) in [6.07, 6.45) is 0. The normalized spacial score (nSPS) is 10.5. The van der Waals surface area contributed by atoms with Gasteiger partial charge in [-0.25, -0.2) is 4.39 Å². The molecule has 7 nitrogen and oxygen atoms in total. The third-order valence-electron chi connectivity index (χ3n) is 3.38. The minimum atomic E-state index is -0.406. The van der Waals surface area contributed by atoms with Gasteiger partial charge in [-0.1, -0.05) is 30.0 Å². The Bertz CT molecular complexity index is 960. The number of hydrogen-bond acceptors (Lipinski definition) is 6. The largest absolute Gasteiger partial charge is 0.325 e. The van der Waals surface area contributed by atoms with E-state index in [0.717, 1.165) is 11.8 Å². The van der Waals surface area contributed by atoms with E-state index in [1.165, 1.54) is 23.7 Å². The molecule has 0 bridgehead atoms. The van der Waals surface area contributed by atoms with Gasteiger partial charge in [0.25, 0.3) is 0 Å². The van der Waals surface area contributed by atoms with Crippen LogP contribution in [-0.4, -0.2) is 37.7 Å². The van der Waals surface area contributed by atoms with Crippen LogP contribution in [0.15, 0.2) is 53.7 Å². The summed E-state index contributed by atoms with van der Waals surface area (Å²) in [6, 6.07) is 12.5. The number of halogens is 1. The number of rotatable bonds is 6. The van der Waals surface area contributed by atoms with E-state index in [-0.39, 0.29) is 17.4 Å². The molecule has 0 aliphatic carbocycles. The molecule has 0 saturated carbocycles. The first-order chi connectivity index (χ1) is 12.5. The van der Waals surface area contributed by atoms with Crippen molar-refractivity contribution >= 4 is 29.1 Å². The van der Waals surface area contributed by atoms with Crippen LogP contribution < -0.4 is 5.32 Å². The Hall–Kier alpha value is -3.07. The average molecular weight is 371 g/mol. The molecule has 1 amide bonds. The molecule has 0 spiro atoms. The lowest BCUT2D eigenvalue weighted by Gasteiger charge is -2.07. The zero-order chi connectivity index (χ0) is 18.5. The number of amides is 1. The number of anilines is 1. The fourth-order valence-corrected chi connectivity index (χ4v) is 2.87. The smallest absolute Gasteiger partial charge is 0.234 e. The zero-order valence-corrected chi connectivity index (χ0v) is 14.5. The number of benzene rings is 2. The summed E-state index contributed by atoms with van der Waals surface area (Å²) in [7, 11) is 0. The number of tetrazole rings is 1. The molecule has 2 aromatic carbocycles. The van der Waals surface area contributed by atoms with E-state index in [1.54, 1.807) is 36.4 Å². The summed E-state index contributed by atoms with van der Waals surface area (Å²) in [5.74, 6) is -0.703. The molecule has 0 aliphatic rings. The SMILES string of the molecule is CC(=O)c1cccc(NC(=O)CSc2nnnn2-c2cccc(F)c2)c1. The molecule has 3 aromatic rings. The first-order valence-electron chi connectivity index (χ1n) is 7.61. The number of Topliss-reactive ketones (excluding diaryl/α,β-unsaturated/α-hetero) is 1. The fraction of sp³-hybridized carbons (Fsp3) is 0.118. The Balaban J connectivity index is 1.65. The maximum Gasteiger partial charge on any atom is 0.234 e. The third-order valence-corrected chi connectivity index (χ3v) is 4.30. The number of thioether (sulfide) groups is 1. The van der Waals surface area contributed by atoms with Crippen molar-refractivity contribution < 1.29 is 14.0 Å². The topological polar surface area (TPSA) is 89.8 Å². The van der Waals surface area contributed by atoms with E-state index in [2.05, 4.69) is 20.8 Å². The Morgan fingerprint density at radius 2 is 2.00 bits per heavy atom. The number of hydrogen-bond donors (Lipinski definition) is 1. The van der Waals surface area contributed by atoms with Gasteiger partial charge in [-0.3, -0.25) is 9.59 Å². The lowest BCUT2D eigenvalue weighted by Crippen LogP contribution is -2.15. The molecule has 1 aromatic heterocycles. The quantitative estimate of drug-likeness (QED) is 0.529. The Morgan fingerprint density at radius 1 is 1.19 bits per heavy atom. The molecule has 1 heterocycles.